The van der Waals surface area contributed by atoms with E-state index in [4.69, 9.17) is 25.8 Å². The van der Waals surface area contributed by atoms with Crippen LogP contribution in [-0.4, -0.2) is 20.2 Å². The molecule has 5 nitrogen and oxygen atoms in total. The van der Waals surface area contributed by atoms with E-state index in [-0.39, 0.29) is 6.42 Å². The molecule has 0 aliphatic carbocycles. The van der Waals surface area contributed by atoms with Crippen LogP contribution < -0.4 is 14.2 Å². The maximum Gasteiger partial charge on any atom is 0.315 e. The van der Waals surface area contributed by atoms with E-state index < -0.39 is 5.97 Å². The first kappa shape index (κ1) is 21.9. The van der Waals surface area contributed by atoms with Gasteiger partial charge in [0.1, 0.15) is 5.75 Å². The lowest BCUT2D eigenvalue weighted by Gasteiger charge is -2.10. The number of rotatable bonds is 7. The highest BCUT2D eigenvalue weighted by molar-refractivity contribution is 6.30. The van der Waals surface area contributed by atoms with Gasteiger partial charge in [-0.1, -0.05) is 41.9 Å². The van der Waals surface area contributed by atoms with Crippen molar-refractivity contribution < 1.29 is 19.0 Å². The number of methoxy groups -OCH3 is 2. The van der Waals surface area contributed by atoms with Gasteiger partial charge in [0.15, 0.2) is 11.5 Å². The van der Waals surface area contributed by atoms with Crippen molar-refractivity contribution in [1.82, 2.24) is 0 Å². The molecule has 3 aromatic rings. The quantitative estimate of drug-likeness (QED) is 0.211. The third-order valence-electron chi connectivity index (χ3n) is 4.49. The Balaban J connectivity index is 1.77. The van der Waals surface area contributed by atoms with Gasteiger partial charge >= 0.3 is 5.97 Å². The average molecular weight is 434 g/mol. The number of nitriles is 1. The van der Waals surface area contributed by atoms with E-state index in [1.54, 1.807) is 61.7 Å². The fraction of sp³-hybridized carbons (Fsp3) is 0.120. The van der Waals surface area contributed by atoms with Crippen LogP contribution in [0, 0.1) is 11.3 Å². The summed E-state index contributed by atoms with van der Waals surface area (Å²) in [5, 5.41) is 10.1. The highest BCUT2D eigenvalue weighted by atomic mass is 35.5. The van der Waals surface area contributed by atoms with Gasteiger partial charge in [0, 0.05) is 5.02 Å². The minimum absolute atomic E-state index is 0.113. The van der Waals surface area contributed by atoms with Crippen LogP contribution in [0.3, 0.4) is 0 Å². The number of ether oxygens (including phenoxy) is 3. The Morgan fingerprint density at radius 1 is 1.00 bits per heavy atom. The number of benzene rings is 3. The molecule has 31 heavy (non-hydrogen) atoms. The van der Waals surface area contributed by atoms with Crippen LogP contribution in [0.2, 0.25) is 5.02 Å². The lowest BCUT2D eigenvalue weighted by molar-refractivity contribution is -0.133. The van der Waals surface area contributed by atoms with E-state index >= 15 is 0 Å². The van der Waals surface area contributed by atoms with E-state index in [0.717, 1.165) is 16.9 Å². The number of hydrogen-bond donors (Lipinski definition) is 0. The van der Waals surface area contributed by atoms with Crippen LogP contribution >= 0.6 is 11.6 Å². The maximum atomic E-state index is 12.4. The molecule has 3 aromatic carbocycles. The smallest absolute Gasteiger partial charge is 0.315 e. The Morgan fingerprint density at radius 3 is 2.42 bits per heavy atom. The zero-order valence-corrected chi connectivity index (χ0v) is 17.8. The molecule has 0 fully saturated rings. The summed E-state index contributed by atoms with van der Waals surface area (Å²) >= 11 is 6.03. The zero-order valence-electron chi connectivity index (χ0n) is 17.1. The van der Waals surface area contributed by atoms with Gasteiger partial charge in [-0.15, -0.1) is 0 Å². The molecule has 0 unspecified atom stereocenters. The van der Waals surface area contributed by atoms with Crippen LogP contribution in [-0.2, 0) is 11.2 Å². The molecule has 0 heterocycles. The van der Waals surface area contributed by atoms with Crippen LogP contribution in [0.5, 0.6) is 17.2 Å². The van der Waals surface area contributed by atoms with Gasteiger partial charge in [0.25, 0.3) is 0 Å². The van der Waals surface area contributed by atoms with Crippen molar-refractivity contribution in [3.8, 4) is 23.3 Å². The molecule has 156 valence electrons. The molecule has 0 bridgehead atoms. The summed E-state index contributed by atoms with van der Waals surface area (Å²) in [4.78, 5) is 12.4. The summed E-state index contributed by atoms with van der Waals surface area (Å²) in [6.07, 6.45) is 1.83. The summed E-state index contributed by atoms with van der Waals surface area (Å²) in [5.41, 5.74) is 2.70. The van der Waals surface area contributed by atoms with E-state index in [2.05, 4.69) is 6.07 Å². The Morgan fingerprint density at radius 2 is 1.77 bits per heavy atom. The van der Waals surface area contributed by atoms with E-state index in [1.807, 2.05) is 18.2 Å². The van der Waals surface area contributed by atoms with Gasteiger partial charge in [-0.2, -0.15) is 5.26 Å². The van der Waals surface area contributed by atoms with Gasteiger partial charge in [0.2, 0.25) is 0 Å². The molecule has 0 saturated heterocycles. The predicted octanol–water partition coefficient (Wildman–Crippen LogP) is 5.57. The molecular weight excluding hydrogens is 414 g/mol. The number of allylic oxidation sites excluding steroid dienone is 1. The molecule has 0 aromatic heterocycles. The third kappa shape index (κ3) is 5.88. The monoisotopic (exact) mass is 433 g/mol. The molecular formula is C25H20ClNO4. The molecule has 0 radical (unpaired) electrons. The summed E-state index contributed by atoms with van der Waals surface area (Å²) < 4.78 is 16.0. The number of halogens is 1. The fourth-order valence-corrected chi connectivity index (χ4v) is 3.12. The molecule has 3 rings (SSSR count). The number of nitrogens with zero attached hydrogens (tertiary/aromatic N) is 1. The first-order chi connectivity index (χ1) is 15.0. The van der Waals surface area contributed by atoms with Crippen LogP contribution in [0.25, 0.3) is 11.6 Å². The van der Waals surface area contributed by atoms with Gasteiger partial charge in [-0.3, -0.25) is 4.79 Å². The predicted molar refractivity (Wildman–Crippen MR) is 120 cm³/mol. The Labute approximate surface area is 186 Å². The number of carbonyl (C=O) groups is 1. The Hall–Kier alpha value is -3.75. The van der Waals surface area contributed by atoms with Crippen LogP contribution in [0.1, 0.15) is 16.7 Å². The highest BCUT2D eigenvalue weighted by Crippen LogP contribution is 2.30. The molecule has 6 heteroatoms. The summed E-state index contributed by atoms with van der Waals surface area (Å²) in [7, 11) is 3.08. The summed E-state index contributed by atoms with van der Waals surface area (Å²) in [6, 6.07) is 21.6. The first-order valence-corrected chi connectivity index (χ1v) is 9.79. The van der Waals surface area contributed by atoms with E-state index in [0.29, 0.717) is 27.7 Å². The lowest BCUT2D eigenvalue weighted by atomic mass is 10.0. The normalized spacial score (nSPS) is 10.8. The second-order valence-corrected chi connectivity index (χ2v) is 7.03. The van der Waals surface area contributed by atoms with Gasteiger partial charge in [-0.05, 0) is 59.2 Å². The topological polar surface area (TPSA) is 68.5 Å². The van der Waals surface area contributed by atoms with Gasteiger partial charge < -0.3 is 14.2 Å². The largest absolute Gasteiger partial charge is 0.497 e. The molecule has 0 amide bonds. The summed E-state index contributed by atoms with van der Waals surface area (Å²) in [6.45, 7) is 0. The number of esters is 1. The fourth-order valence-electron chi connectivity index (χ4n) is 2.93. The molecule has 0 aliphatic heterocycles. The lowest BCUT2D eigenvalue weighted by Crippen LogP contribution is -2.12. The molecule has 0 atom stereocenters. The van der Waals surface area contributed by atoms with E-state index in [1.165, 1.54) is 7.11 Å². The van der Waals surface area contributed by atoms with Crippen LogP contribution in [0.15, 0.2) is 66.7 Å². The van der Waals surface area contributed by atoms with Gasteiger partial charge in [-0.25, -0.2) is 0 Å². The second kappa shape index (κ2) is 10.3. The van der Waals surface area contributed by atoms with Crippen molar-refractivity contribution in [3.05, 3.63) is 88.4 Å². The van der Waals surface area contributed by atoms with E-state index in [9.17, 15) is 10.1 Å². The van der Waals surface area contributed by atoms with Crippen molar-refractivity contribution >= 4 is 29.2 Å². The van der Waals surface area contributed by atoms with Crippen LogP contribution in [0.4, 0.5) is 0 Å². The Bertz CT molecular complexity index is 1150. The van der Waals surface area contributed by atoms with Crippen molar-refractivity contribution in [2.75, 3.05) is 14.2 Å². The molecule has 0 aliphatic rings. The molecule has 0 spiro atoms. The third-order valence-corrected chi connectivity index (χ3v) is 4.72. The summed E-state index contributed by atoms with van der Waals surface area (Å²) in [5.74, 6) is 1.000. The first-order valence-electron chi connectivity index (χ1n) is 9.41. The minimum atomic E-state index is -0.414. The standard InChI is InChI=1S/C25H20ClNO4/c1-29-22-9-6-17(7-10-22)14-25(28)31-23-11-8-18(13-24(23)30-2)12-20(16-27)19-4-3-5-21(26)15-19/h3-13,15H,14H2,1-2H3/b20-12-. The van der Waals surface area contributed by atoms with Crippen molar-refractivity contribution in [1.29, 1.82) is 5.26 Å². The molecule has 0 saturated carbocycles. The zero-order chi connectivity index (χ0) is 22.2. The maximum absolute atomic E-state index is 12.4. The second-order valence-electron chi connectivity index (χ2n) is 6.59. The van der Waals surface area contributed by atoms with Gasteiger partial charge in [0.05, 0.1) is 32.3 Å². The molecule has 0 N–H and O–H groups in total. The SMILES string of the molecule is COc1ccc(CC(=O)Oc2ccc(/C=C(/C#N)c3cccc(Cl)c3)cc2OC)cc1. The Kier molecular flexibility index (Phi) is 7.31. The number of carbonyl (C=O) groups excluding carboxylic acids is 1. The van der Waals surface area contributed by atoms with Crippen molar-refractivity contribution in [2.45, 2.75) is 6.42 Å². The highest BCUT2D eigenvalue weighted by Gasteiger charge is 2.12. The number of hydrogen-bond acceptors (Lipinski definition) is 5. The van der Waals surface area contributed by atoms with Crippen molar-refractivity contribution in [3.63, 3.8) is 0 Å². The minimum Gasteiger partial charge on any atom is -0.497 e. The van der Waals surface area contributed by atoms with Crippen molar-refractivity contribution in [2.24, 2.45) is 0 Å². The average Bonchev–Trinajstić information content (AvgIpc) is 2.78.